The Balaban J connectivity index is 3.13. The molecule has 0 aliphatic rings. The zero-order valence-electron chi connectivity index (χ0n) is 12.8. The van der Waals surface area contributed by atoms with Gasteiger partial charge in [0, 0.05) is 6.42 Å². The molecule has 3 heteroatoms. The predicted molar refractivity (Wildman–Crippen MR) is 81.1 cm³/mol. The number of rotatable bonds is 14. The van der Waals surface area contributed by atoms with Crippen molar-refractivity contribution in [3.05, 3.63) is 0 Å². The first-order chi connectivity index (χ1) is 9.31. The third-order valence-corrected chi connectivity index (χ3v) is 3.35. The van der Waals surface area contributed by atoms with Crippen molar-refractivity contribution in [3.8, 4) is 0 Å². The third kappa shape index (κ3) is 15.4. The molecule has 0 aliphatic carbocycles. The number of carbonyl (C=O) groups is 1. The molecule has 0 spiro atoms. The van der Waals surface area contributed by atoms with E-state index in [4.69, 9.17) is 10.5 Å². The first-order valence-corrected chi connectivity index (χ1v) is 8.17. The van der Waals surface area contributed by atoms with Crippen LogP contribution in [0, 0.1) is 0 Å². The minimum atomic E-state index is -0.0209. The van der Waals surface area contributed by atoms with Crippen LogP contribution in [-0.4, -0.2) is 19.1 Å². The average Bonchev–Trinajstić information content (AvgIpc) is 2.41. The lowest BCUT2D eigenvalue weighted by Crippen LogP contribution is -2.05. The summed E-state index contributed by atoms with van der Waals surface area (Å²) in [6, 6.07) is 0. The van der Waals surface area contributed by atoms with E-state index in [2.05, 4.69) is 6.92 Å². The van der Waals surface area contributed by atoms with Gasteiger partial charge in [-0.3, -0.25) is 4.79 Å². The summed E-state index contributed by atoms with van der Waals surface area (Å²) in [5.41, 5.74) is 5.42. The molecule has 0 aromatic carbocycles. The van der Waals surface area contributed by atoms with Gasteiger partial charge in [-0.2, -0.15) is 0 Å². The van der Waals surface area contributed by atoms with Crippen LogP contribution in [0.2, 0.25) is 0 Å². The second kappa shape index (κ2) is 15.5. The number of hydrogen-bond acceptors (Lipinski definition) is 3. The van der Waals surface area contributed by atoms with E-state index in [1.165, 1.54) is 44.9 Å². The lowest BCUT2D eigenvalue weighted by molar-refractivity contribution is -0.143. The van der Waals surface area contributed by atoms with Crippen LogP contribution in [0.25, 0.3) is 0 Å². The van der Waals surface area contributed by atoms with Crippen molar-refractivity contribution < 1.29 is 9.53 Å². The third-order valence-electron chi connectivity index (χ3n) is 3.35. The number of esters is 1. The zero-order chi connectivity index (χ0) is 14.2. The van der Waals surface area contributed by atoms with Gasteiger partial charge in [-0.05, 0) is 25.8 Å². The van der Waals surface area contributed by atoms with Crippen LogP contribution in [0.3, 0.4) is 0 Å². The Morgan fingerprint density at radius 1 is 0.842 bits per heavy atom. The molecule has 0 unspecified atom stereocenters. The molecule has 0 radical (unpaired) electrons. The summed E-state index contributed by atoms with van der Waals surface area (Å²) in [7, 11) is 0. The van der Waals surface area contributed by atoms with Gasteiger partial charge in [0.25, 0.3) is 0 Å². The van der Waals surface area contributed by atoms with Crippen LogP contribution in [0.4, 0.5) is 0 Å². The molecule has 0 fully saturated rings. The molecule has 0 bridgehead atoms. The van der Waals surface area contributed by atoms with Gasteiger partial charge < -0.3 is 10.5 Å². The van der Waals surface area contributed by atoms with Crippen LogP contribution >= 0.6 is 0 Å². The molecule has 2 N–H and O–H groups in total. The van der Waals surface area contributed by atoms with Gasteiger partial charge >= 0.3 is 5.97 Å². The first-order valence-electron chi connectivity index (χ1n) is 8.17. The fourth-order valence-electron chi connectivity index (χ4n) is 2.08. The van der Waals surface area contributed by atoms with E-state index in [0.29, 0.717) is 13.0 Å². The van der Waals surface area contributed by atoms with Crippen molar-refractivity contribution in [3.63, 3.8) is 0 Å². The molecule has 0 amide bonds. The molecule has 0 saturated heterocycles. The van der Waals surface area contributed by atoms with E-state index < -0.39 is 0 Å². The number of nitrogens with two attached hydrogens (primary N) is 1. The van der Waals surface area contributed by atoms with Crippen LogP contribution in [0.5, 0.6) is 0 Å². The molecule has 19 heavy (non-hydrogen) atoms. The number of ether oxygens (including phenoxy) is 1. The molecule has 0 saturated carbocycles. The minimum absolute atomic E-state index is 0.0209. The van der Waals surface area contributed by atoms with E-state index in [1.807, 2.05) is 0 Å². The Hall–Kier alpha value is -0.570. The predicted octanol–water partition coefficient (Wildman–Crippen LogP) is 4.19. The summed E-state index contributed by atoms with van der Waals surface area (Å²) in [5.74, 6) is -0.0209. The molecule has 114 valence electrons. The maximum absolute atomic E-state index is 11.4. The molecule has 0 aliphatic heterocycles. The maximum atomic E-state index is 11.4. The van der Waals surface area contributed by atoms with Crippen molar-refractivity contribution in [2.45, 2.75) is 84.0 Å². The van der Waals surface area contributed by atoms with Gasteiger partial charge in [-0.1, -0.05) is 58.3 Å². The van der Waals surface area contributed by atoms with E-state index in [0.717, 1.165) is 32.2 Å². The summed E-state index contributed by atoms with van der Waals surface area (Å²) < 4.78 is 5.22. The summed E-state index contributed by atoms with van der Waals surface area (Å²) in [5, 5.41) is 0. The molecule has 0 aromatic rings. The molecule has 0 atom stereocenters. The van der Waals surface area contributed by atoms with Crippen molar-refractivity contribution in [2.75, 3.05) is 13.2 Å². The Bertz CT molecular complexity index is 195. The van der Waals surface area contributed by atoms with Gasteiger partial charge in [-0.25, -0.2) is 0 Å². The van der Waals surface area contributed by atoms with Crippen molar-refractivity contribution in [2.24, 2.45) is 5.73 Å². The van der Waals surface area contributed by atoms with E-state index >= 15 is 0 Å². The smallest absolute Gasteiger partial charge is 0.305 e. The summed E-state index contributed by atoms with van der Waals surface area (Å²) in [4.78, 5) is 11.4. The molecule has 0 heterocycles. The molecule has 3 nitrogen and oxygen atoms in total. The van der Waals surface area contributed by atoms with Gasteiger partial charge in [0.05, 0.1) is 6.61 Å². The van der Waals surface area contributed by atoms with Crippen molar-refractivity contribution >= 4 is 5.97 Å². The van der Waals surface area contributed by atoms with Gasteiger partial charge in [0.15, 0.2) is 0 Å². The van der Waals surface area contributed by atoms with Gasteiger partial charge in [0.1, 0.15) is 0 Å². The summed E-state index contributed by atoms with van der Waals surface area (Å²) in [6.07, 6.45) is 13.5. The van der Waals surface area contributed by atoms with Crippen molar-refractivity contribution in [1.82, 2.24) is 0 Å². The fourth-order valence-corrected chi connectivity index (χ4v) is 2.08. The topological polar surface area (TPSA) is 52.3 Å². The minimum Gasteiger partial charge on any atom is -0.466 e. The highest BCUT2D eigenvalue weighted by Gasteiger charge is 2.02. The number of unbranched alkanes of at least 4 members (excludes halogenated alkanes) is 9. The zero-order valence-corrected chi connectivity index (χ0v) is 12.8. The van der Waals surface area contributed by atoms with Gasteiger partial charge in [0.2, 0.25) is 0 Å². The van der Waals surface area contributed by atoms with E-state index in [9.17, 15) is 4.79 Å². The largest absolute Gasteiger partial charge is 0.466 e. The van der Waals surface area contributed by atoms with Crippen LogP contribution in [-0.2, 0) is 9.53 Å². The summed E-state index contributed by atoms with van der Waals surface area (Å²) in [6.45, 7) is 3.61. The van der Waals surface area contributed by atoms with Crippen LogP contribution < -0.4 is 5.73 Å². The van der Waals surface area contributed by atoms with Gasteiger partial charge in [-0.15, -0.1) is 0 Å². The highest BCUT2D eigenvalue weighted by molar-refractivity contribution is 5.69. The fraction of sp³-hybridized carbons (Fsp3) is 0.938. The SMILES string of the molecule is CCCCCCCCOC(=O)CCCCCCCN. The molecular formula is C16H33NO2. The number of hydrogen-bond donors (Lipinski definition) is 1. The molecule has 0 aromatic heterocycles. The van der Waals surface area contributed by atoms with E-state index in [-0.39, 0.29) is 5.97 Å². The van der Waals surface area contributed by atoms with Crippen molar-refractivity contribution in [1.29, 1.82) is 0 Å². The number of carbonyl (C=O) groups excluding carboxylic acids is 1. The standard InChI is InChI=1S/C16H33NO2/c1-2-3-4-5-9-12-15-19-16(18)13-10-7-6-8-11-14-17/h2-15,17H2,1H3. The Morgan fingerprint density at radius 2 is 1.42 bits per heavy atom. The lowest BCUT2D eigenvalue weighted by Gasteiger charge is -2.05. The molecular weight excluding hydrogens is 238 g/mol. The normalized spacial score (nSPS) is 10.6. The Labute approximate surface area is 119 Å². The average molecular weight is 271 g/mol. The molecule has 0 rings (SSSR count). The first kappa shape index (κ1) is 18.4. The highest BCUT2D eigenvalue weighted by Crippen LogP contribution is 2.07. The van der Waals surface area contributed by atoms with Crippen LogP contribution in [0.1, 0.15) is 84.0 Å². The maximum Gasteiger partial charge on any atom is 0.305 e. The van der Waals surface area contributed by atoms with E-state index in [1.54, 1.807) is 0 Å². The van der Waals surface area contributed by atoms with Crippen LogP contribution in [0.15, 0.2) is 0 Å². The highest BCUT2D eigenvalue weighted by atomic mass is 16.5. The second-order valence-electron chi connectivity index (χ2n) is 5.29. The Kier molecular flexibility index (Phi) is 15.0. The quantitative estimate of drug-likeness (QED) is 0.381. The Morgan fingerprint density at radius 3 is 2.11 bits per heavy atom. The lowest BCUT2D eigenvalue weighted by atomic mass is 10.1. The summed E-state index contributed by atoms with van der Waals surface area (Å²) >= 11 is 0. The second-order valence-corrected chi connectivity index (χ2v) is 5.29. The monoisotopic (exact) mass is 271 g/mol.